The van der Waals surface area contributed by atoms with Crippen molar-refractivity contribution in [2.75, 3.05) is 0 Å². The maximum atomic E-state index is 13.2. The van der Waals surface area contributed by atoms with E-state index in [2.05, 4.69) is 9.97 Å². The van der Waals surface area contributed by atoms with E-state index in [0.717, 1.165) is 6.20 Å². The number of benzene rings is 1. The van der Waals surface area contributed by atoms with Gasteiger partial charge in [-0.15, -0.1) is 0 Å². The summed E-state index contributed by atoms with van der Waals surface area (Å²) in [7, 11) is 0. The van der Waals surface area contributed by atoms with Crippen LogP contribution in [0.15, 0.2) is 36.8 Å². The first-order valence-corrected chi connectivity index (χ1v) is 3.99. The van der Waals surface area contributed by atoms with E-state index >= 15 is 0 Å². The largest absolute Gasteiger partial charge is 0.242 e. The summed E-state index contributed by atoms with van der Waals surface area (Å²) < 4.78 is 26.4. The van der Waals surface area contributed by atoms with E-state index in [0.29, 0.717) is 0 Å². The Morgan fingerprint density at radius 1 is 1.00 bits per heavy atom. The zero-order valence-electron chi connectivity index (χ0n) is 7.11. The lowest BCUT2D eigenvalue weighted by molar-refractivity contribution is 0.606. The van der Waals surface area contributed by atoms with Gasteiger partial charge >= 0.3 is 0 Å². The maximum absolute atomic E-state index is 13.2. The molecule has 0 fully saturated rings. The minimum absolute atomic E-state index is 0.0156. The normalized spacial score (nSPS) is 10.1. The molecule has 1 aromatic carbocycles. The summed E-state index contributed by atoms with van der Waals surface area (Å²) in [6, 6.07) is 5.90. The van der Waals surface area contributed by atoms with E-state index in [1.54, 1.807) is 6.07 Å². The van der Waals surface area contributed by atoms with Gasteiger partial charge in [0.1, 0.15) is 17.8 Å². The van der Waals surface area contributed by atoms with Gasteiger partial charge in [0.2, 0.25) is 0 Å². The van der Waals surface area contributed by atoms with Gasteiger partial charge in [0, 0.05) is 5.56 Å². The van der Waals surface area contributed by atoms with E-state index in [1.807, 2.05) is 0 Å². The maximum Gasteiger partial charge on any atom is 0.167 e. The van der Waals surface area contributed by atoms with Crippen LogP contribution in [0.3, 0.4) is 0 Å². The Kier molecular flexibility index (Phi) is 2.18. The van der Waals surface area contributed by atoms with E-state index in [9.17, 15) is 8.78 Å². The molecule has 4 heteroatoms. The predicted molar refractivity (Wildman–Crippen MR) is 47.4 cm³/mol. The lowest BCUT2D eigenvalue weighted by Gasteiger charge is -2.01. The second kappa shape index (κ2) is 3.49. The lowest BCUT2D eigenvalue weighted by atomic mass is 10.1. The molecule has 0 amide bonds. The van der Waals surface area contributed by atoms with Crippen molar-refractivity contribution in [2.45, 2.75) is 0 Å². The SMILES string of the molecule is Fc1ccccc1-c1ncncc1F. The molecule has 1 aromatic heterocycles. The fourth-order valence-corrected chi connectivity index (χ4v) is 1.16. The molecule has 2 aromatic rings. The van der Waals surface area contributed by atoms with E-state index < -0.39 is 11.6 Å². The Morgan fingerprint density at radius 2 is 1.79 bits per heavy atom. The summed E-state index contributed by atoms with van der Waals surface area (Å²) in [5.74, 6) is -1.12. The highest BCUT2D eigenvalue weighted by Crippen LogP contribution is 2.21. The Bertz CT molecular complexity index is 414. The molecule has 0 saturated carbocycles. The third-order valence-electron chi connectivity index (χ3n) is 1.80. The van der Waals surface area contributed by atoms with Gasteiger partial charge in [-0.2, -0.15) is 0 Å². The standard InChI is InChI=1S/C10H6F2N2/c11-8-4-2-1-3-7(8)10-9(12)5-13-6-14-10/h1-6H. The number of hydrogen-bond acceptors (Lipinski definition) is 2. The van der Waals surface area contributed by atoms with Crippen molar-refractivity contribution in [3.63, 3.8) is 0 Å². The number of rotatable bonds is 1. The monoisotopic (exact) mass is 192 g/mol. The van der Waals surface area contributed by atoms with Gasteiger partial charge in [0.25, 0.3) is 0 Å². The van der Waals surface area contributed by atoms with Crippen LogP contribution in [-0.4, -0.2) is 9.97 Å². The second-order valence-corrected chi connectivity index (χ2v) is 2.70. The predicted octanol–water partition coefficient (Wildman–Crippen LogP) is 2.42. The first kappa shape index (κ1) is 8.74. The van der Waals surface area contributed by atoms with Crippen LogP contribution in [0.2, 0.25) is 0 Å². The van der Waals surface area contributed by atoms with Gasteiger partial charge in [0.15, 0.2) is 5.82 Å². The Hall–Kier alpha value is -1.84. The van der Waals surface area contributed by atoms with E-state index in [1.165, 1.54) is 24.5 Å². The molecular weight excluding hydrogens is 186 g/mol. The van der Waals surface area contributed by atoms with Crippen molar-refractivity contribution < 1.29 is 8.78 Å². The Labute approximate surface area is 79.3 Å². The molecule has 2 rings (SSSR count). The Balaban J connectivity index is 2.61. The number of hydrogen-bond donors (Lipinski definition) is 0. The molecule has 0 atom stereocenters. The molecule has 0 bridgehead atoms. The highest BCUT2D eigenvalue weighted by molar-refractivity contribution is 5.59. The highest BCUT2D eigenvalue weighted by atomic mass is 19.1. The van der Waals surface area contributed by atoms with Crippen LogP contribution >= 0.6 is 0 Å². The summed E-state index contributed by atoms with van der Waals surface area (Å²) >= 11 is 0. The summed E-state index contributed by atoms with van der Waals surface area (Å²) in [5, 5.41) is 0. The highest BCUT2D eigenvalue weighted by Gasteiger charge is 2.09. The van der Waals surface area contributed by atoms with Crippen molar-refractivity contribution in [2.24, 2.45) is 0 Å². The molecule has 0 aliphatic carbocycles. The number of nitrogens with zero attached hydrogens (tertiary/aromatic N) is 2. The molecule has 70 valence electrons. The summed E-state index contributed by atoms with van der Waals surface area (Å²) in [5.41, 5.74) is 0.130. The first-order chi connectivity index (χ1) is 6.79. The van der Waals surface area contributed by atoms with Crippen LogP contribution in [0.4, 0.5) is 8.78 Å². The average Bonchev–Trinajstić information content (AvgIpc) is 2.20. The molecule has 0 N–H and O–H groups in total. The minimum Gasteiger partial charge on any atom is -0.242 e. The van der Waals surface area contributed by atoms with Gasteiger partial charge in [0.05, 0.1) is 6.20 Å². The molecule has 14 heavy (non-hydrogen) atoms. The molecule has 1 heterocycles. The van der Waals surface area contributed by atoms with Crippen molar-refractivity contribution in [1.29, 1.82) is 0 Å². The zero-order valence-corrected chi connectivity index (χ0v) is 7.11. The van der Waals surface area contributed by atoms with Crippen LogP contribution in [-0.2, 0) is 0 Å². The molecule has 0 unspecified atom stereocenters. The summed E-state index contributed by atoms with van der Waals surface area (Å²) in [6.07, 6.45) is 2.19. The fourth-order valence-electron chi connectivity index (χ4n) is 1.16. The fraction of sp³-hybridized carbons (Fsp3) is 0. The summed E-state index contributed by atoms with van der Waals surface area (Å²) in [4.78, 5) is 7.17. The van der Waals surface area contributed by atoms with Crippen LogP contribution < -0.4 is 0 Å². The van der Waals surface area contributed by atoms with E-state index in [-0.39, 0.29) is 11.3 Å². The smallest absolute Gasteiger partial charge is 0.167 e. The number of halogens is 2. The minimum atomic E-state index is -0.627. The van der Waals surface area contributed by atoms with Crippen LogP contribution in [0.5, 0.6) is 0 Å². The average molecular weight is 192 g/mol. The van der Waals surface area contributed by atoms with Crippen molar-refractivity contribution >= 4 is 0 Å². The molecule has 0 saturated heterocycles. The lowest BCUT2D eigenvalue weighted by Crippen LogP contribution is -1.92. The van der Waals surface area contributed by atoms with Gasteiger partial charge in [-0.25, -0.2) is 18.7 Å². The van der Waals surface area contributed by atoms with Crippen molar-refractivity contribution in [1.82, 2.24) is 9.97 Å². The van der Waals surface area contributed by atoms with Crippen molar-refractivity contribution in [3.8, 4) is 11.3 Å². The third-order valence-corrected chi connectivity index (χ3v) is 1.80. The summed E-state index contributed by atoms with van der Waals surface area (Å²) in [6.45, 7) is 0. The van der Waals surface area contributed by atoms with Crippen LogP contribution in [0.1, 0.15) is 0 Å². The third kappa shape index (κ3) is 1.46. The Morgan fingerprint density at radius 3 is 2.50 bits per heavy atom. The molecule has 0 radical (unpaired) electrons. The zero-order chi connectivity index (χ0) is 9.97. The first-order valence-electron chi connectivity index (χ1n) is 3.99. The number of aromatic nitrogens is 2. The van der Waals surface area contributed by atoms with E-state index in [4.69, 9.17) is 0 Å². The molecule has 0 aliphatic heterocycles. The topological polar surface area (TPSA) is 25.8 Å². The van der Waals surface area contributed by atoms with Crippen LogP contribution in [0, 0.1) is 11.6 Å². The molecule has 2 nitrogen and oxygen atoms in total. The van der Waals surface area contributed by atoms with Gasteiger partial charge in [-0.3, -0.25) is 0 Å². The van der Waals surface area contributed by atoms with Crippen LogP contribution in [0.25, 0.3) is 11.3 Å². The van der Waals surface area contributed by atoms with Gasteiger partial charge in [-0.1, -0.05) is 12.1 Å². The quantitative estimate of drug-likeness (QED) is 0.693. The molecular formula is C10H6F2N2. The molecule has 0 spiro atoms. The van der Waals surface area contributed by atoms with Gasteiger partial charge < -0.3 is 0 Å². The van der Waals surface area contributed by atoms with Crippen molar-refractivity contribution in [3.05, 3.63) is 48.4 Å². The molecule has 0 aliphatic rings. The van der Waals surface area contributed by atoms with Gasteiger partial charge in [-0.05, 0) is 12.1 Å². The second-order valence-electron chi connectivity index (χ2n) is 2.70.